The van der Waals surface area contributed by atoms with Gasteiger partial charge in [-0.2, -0.15) is 0 Å². The zero-order valence-electron chi connectivity index (χ0n) is 9.46. The first-order chi connectivity index (χ1) is 6.41. The van der Waals surface area contributed by atoms with Crippen molar-refractivity contribution in [2.45, 2.75) is 40.2 Å². The number of amides is 1. The van der Waals surface area contributed by atoms with Gasteiger partial charge in [0.05, 0.1) is 6.61 Å². The van der Waals surface area contributed by atoms with Gasteiger partial charge in [-0.25, -0.2) is 4.79 Å². The molecule has 0 aromatic carbocycles. The van der Waals surface area contributed by atoms with E-state index in [1.54, 1.807) is 6.92 Å². The van der Waals surface area contributed by atoms with Crippen LogP contribution >= 0.6 is 0 Å². The highest BCUT2D eigenvalue weighted by Crippen LogP contribution is 2.21. The molecule has 0 fully saturated rings. The fourth-order valence-electron chi connectivity index (χ4n) is 1.17. The predicted molar refractivity (Wildman–Crippen MR) is 55.1 cm³/mol. The van der Waals surface area contributed by atoms with Crippen molar-refractivity contribution in [3.8, 4) is 0 Å². The molecule has 0 aromatic heterocycles. The van der Waals surface area contributed by atoms with Crippen molar-refractivity contribution in [2.75, 3.05) is 13.2 Å². The lowest BCUT2D eigenvalue weighted by Crippen LogP contribution is -2.44. The number of aliphatic hydroxyl groups is 1. The van der Waals surface area contributed by atoms with E-state index in [4.69, 9.17) is 9.84 Å². The summed E-state index contributed by atoms with van der Waals surface area (Å²) in [5.41, 5.74) is -0.0739. The number of hydrogen-bond acceptors (Lipinski definition) is 3. The lowest BCUT2D eigenvalue weighted by atomic mass is 9.85. The Morgan fingerprint density at radius 1 is 1.50 bits per heavy atom. The highest BCUT2D eigenvalue weighted by molar-refractivity contribution is 5.67. The average Bonchev–Trinajstić information content (AvgIpc) is 2.02. The number of nitrogens with one attached hydrogen (secondary N) is 1. The monoisotopic (exact) mass is 203 g/mol. The molecule has 84 valence electrons. The molecule has 14 heavy (non-hydrogen) atoms. The number of aliphatic hydroxyl groups excluding tert-OH is 1. The first-order valence-corrected chi connectivity index (χ1v) is 4.96. The minimum Gasteiger partial charge on any atom is -0.450 e. The van der Waals surface area contributed by atoms with Gasteiger partial charge in [0.25, 0.3) is 0 Å². The summed E-state index contributed by atoms with van der Waals surface area (Å²) in [6.07, 6.45) is 0.128. The number of carbonyl (C=O) groups excluding carboxylic acids is 1. The summed E-state index contributed by atoms with van der Waals surface area (Å²) in [6.45, 7) is 8.23. The first kappa shape index (κ1) is 13.2. The second-order valence-corrected chi connectivity index (χ2v) is 4.30. The molecule has 0 saturated carbocycles. The largest absolute Gasteiger partial charge is 0.450 e. The lowest BCUT2D eigenvalue weighted by Gasteiger charge is -2.30. The van der Waals surface area contributed by atoms with Crippen LogP contribution in [0.2, 0.25) is 0 Å². The van der Waals surface area contributed by atoms with E-state index in [0.29, 0.717) is 13.0 Å². The normalized spacial score (nSPS) is 13.5. The molecule has 2 N–H and O–H groups in total. The van der Waals surface area contributed by atoms with Gasteiger partial charge in [-0.15, -0.1) is 0 Å². The molecule has 0 aliphatic carbocycles. The summed E-state index contributed by atoms with van der Waals surface area (Å²) in [5.74, 6) is 0. The van der Waals surface area contributed by atoms with Crippen LogP contribution in [0.3, 0.4) is 0 Å². The van der Waals surface area contributed by atoms with Crippen LogP contribution in [0.4, 0.5) is 4.79 Å². The molecule has 0 spiro atoms. The number of carbonyl (C=O) groups is 1. The van der Waals surface area contributed by atoms with Gasteiger partial charge in [0.1, 0.15) is 0 Å². The van der Waals surface area contributed by atoms with Crippen molar-refractivity contribution < 1.29 is 14.6 Å². The molecule has 0 rings (SSSR count). The van der Waals surface area contributed by atoms with Crippen LogP contribution in [0.1, 0.15) is 34.1 Å². The van der Waals surface area contributed by atoms with E-state index in [0.717, 1.165) is 0 Å². The minimum atomic E-state index is -0.416. The van der Waals surface area contributed by atoms with Crippen LogP contribution in [0.5, 0.6) is 0 Å². The SMILES string of the molecule is CCOC(=O)NC(CCO)C(C)(C)C. The highest BCUT2D eigenvalue weighted by Gasteiger charge is 2.25. The smallest absolute Gasteiger partial charge is 0.407 e. The van der Waals surface area contributed by atoms with Gasteiger partial charge in [-0.3, -0.25) is 0 Å². The molecule has 0 bridgehead atoms. The van der Waals surface area contributed by atoms with Gasteiger partial charge in [0, 0.05) is 12.6 Å². The summed E-state index contributed by atoms with van der Waals surface area (Å²) >= 11 is 0. The summed E-state index contributed by atoms with van der Waals surface area (Å²) in [4.78, 5) is 11.2. The highest BCUT2D eigenvalue weighted by atomic mass is 16.5. The van der Waals surface area contributed by atoms with Crippen LogP contribution in [-0.2, 0) is 4.74 Å². The Morgan fingerprint density at radius 3 is 2.43 bits per heavy atom. The Bertz CT molecular complexity index is 175. The maximum atomic E-state index is 11.2. The van der Waals surface area contributed by atoms with Gasteiger partial charge >= 0.3 is 6.09 Å². The van der Waals surface area contributed by atoms with Crippen molar-refractivity contribution in [1.82, 2.24) is 5.32 Å². The molecule has 0 heterocycles. The quantitative estimate of drug-likeness (QED) is 0.728. The lowest BCUT2D eigenvalue weighted by molar-refractivity contribution is 0.130. The van der Waals surface area contributed by atoms with Crippen molar-refractivity contribution >= 4 is 6.09 Å². The van der Waals surface area contributed by atoms with Gasteiger partial charge < -0.3 is 15.2 Å². The third-order valence-corrected chi connectivity index (χ3v) is 2.03. The molecule has 1 atom stereocenters. The molecule has 4 nitrogen and oxygen atoms in total. The molecule has 0 radical (unpaired) electrons. The number of alkyl carbamates (subject to hydrolysis) is 1. The summed E-state index contributed by atoms with van der Waals surface area (Å²) in [7, 11) is 0. The van der Waals surface area contributed by atoms with Crippen molar-refractivity contribution in [3.63, 3.8) is 0 Å². The molecule has 1 unspecified atom stereocenters. The van der Waals surface area contributed by atoms with E-state index < -0.39 is 6.09 Å². The molecule has 0 aliphatic rings. The topological polar surface area (TPSA) is 58.6 Å². The second-order valence-electron chi connectivity index (χ2n) is 4.30. The zero-order valence-corrected chi connectivity index (χ0v) is 9.46. The molecule has 0 aromatic rings. The standard InChI is InChI=1S/C10H21NO3/c1-5-14-9(13)11-8(6-7-12)10(2,3)4/h8,12H,5-7H2,1-4H3,(H,11,13). The van der Waals surface area contributed by atoms with E-state index in [1.807, 2.05) is 20.8 Å². The molecule has 1 amide bonds. The van der Waals surface area contributed by atoms with Crippen LogP contribution in [0.25, 0.3) is 0 Å². The molecule has 4 heteroatoms. The van der Waals surface area contributed by atoms with Crippen LogP contribution < -0.4 is 5.32 Å². The first-order valence-electron chi connectivity index (χ1n) is 4.96. The van der Waals surface area contributed by atoms with Crippen LogP contribution in [-0.4, -0.2) is 30.5 Å². The van der Waals surface area contributed by atoms with E-state index in [1.165, 1.54) is 0 Å². The van der Waals surface area contributed by atoms with E-state index in [-0.39, 0.29) is 18.1 Å². The van der Waals surface area contributed by atoms with Crippen LogP contribution in [0.15, 0.2) is 0 Å². The van der Waals surface area contributed by atoms with E-state index >= 15 is 0 Å². The van der Waals surface area contributed by atoms with Crippen molar-refractivity contribution in [1.29, 1.82) is 0 Å². The maximum Gasteiger partial charge on any atom is 0.407 e. The van der Waals surface area contributed by atoms with Gasteiger partial charge in [0.15, 0.2) is 0 Å². The Hall–Kier alpha value is -0.770. The summed E-state index contributed by atoms with van der Waals surface area (Å²) in [6, 6.07) is -0.0634. The van der Waals surface area contributed by atoms with E-state index in [9.17, 15) is 4.79 Å². The van der Waals surface area contributed by atoms with Crippen molar-refractivity contribution in [3.05, 3.63) is 0 Å². The third kappa shape index (κ3) is 5.07. The minimum absolute atomic E-state index is 0.0634. The second kappa shape index (κ2) is 5.86. The van der Waals surface area contributed by atoms with Gasteiger partial charge in [-0.05, 0) is 18.8 Å². The van der Waals surface area contributed by atoms with Gasteiger partial charge in [0.2, 0.25) is 0 Å². The summed E-state index contributed by atoms with van der Waals surface area (Å²) in [5, 5.41) is 11.6. The van der Waals surface area contributed by atoms with Crippen LogP contribution in [0, 0.1) is 5.41 Å². The number of hydrogen-bond donors (Lipinski definition) is 2. The van der Waals surface area contributed by atoms with Crippen molar-refractivity contribution in [2.24, 2.45) is 5.41 Å². The summed E-state index contributed by atoms with van der Waals surface area (Å²) < 4.78 is 4.78. The Balaban J connectivity index is 4.16. The fraction of sp³-hybridized carbons (Fsp3) is 0.900. The number of ether oxygens (including phenoxy) is 1. The fourth-order valence-corrected chi connectivity index (χ4v) is 1.17. The molecule has 0 saturated heterocycles. The Morgan fingerprint density at radius 2 is 2.07 bits per heavy atom. The van der Waals surface area contributed by atoms with Gasteiger partial charge in [-0.1, -0.05) is 20.8 Å². The van der Waals surface area contributed by atoms with E-state index in [2.05, 4.69) is 5.32 Å². The Labute approximate surface area is 85.6 Å². The Kier molecular flexibility index (Phi) is 5.53. The molecular formula is C10H21NO3. The molecule has 0 aliphatic heterocycles. The zero-order chi connectivity index (χ0) is 11.2. The maximum absolute atomic E-state index is 11.2. The average molecular weight is 203 g/mol. The third-order valence-electron chi connectivity index (χ3n) is 2.03. The molecular weight excluding hydrogens is 182 g/mol. The number of rotatable bonds is 4. The predicted octanol–water partition coefficient (Wildman–Crippen LogP) is 1.53.